The van der Waals surface area contributed by atoms with Crippen LogP contribution in [0.1, 0.15) is 55.6 Å². The van der Waals surface area contributed by atoms with Gasteiger partial charge in [-0.2, -0.15) is 0 Å². The zero-order valence-electron chi connectivity index (χ0n) is 9.54. The van der Waals surface area contributed by atoms with Gasteiger partial charge in [0.05, 0.1) is 0 Å². The number of nitrogens with zero attached hydrogens (tertiary/aromatic N) is 2. The Hall–Kier alpha value is -1.16. The van der Waals surface area contributed by atoms with Crippen molar-refractivity contribution in [3.05, 3.63) is 17.1 Å². The van der Waals surface area contributed by atoms with Crippen molar-refractivity contribution in [1.29, 1.82) is 0 Å². The number of aromatic nitrogens is 2. The molecule has 1 aromatic rings. The number of nitrogen functional groups attached to an aromatic ring is 1. The summed E-state index contributed by atoms with van der Waals surface area (Å²) >= 11 is 0. The molecule has 0 bridgehead atoms. The fourth-order valence-corrected chi connectivity index (χ4v) is 1.93. The third kappa shape index (κ3) is 1.95. The molecule has 0 saturated heterocycles. The number of hydrazine groups is 1. The van der Waals surface area contributed by atoms with E-state index in [0.29, 0.717) is 11.8 Å². The average molecular weight is 206 g/mol. The Bertz CT molecular complexity index is 369. The van der Waals surface area contributed by atoms with Crippen molar-refractivity contribution in [3.63, 3.8) is 0 Å². The van der Waals surface area contributed by atoms with Gasteiger partial charge in [-0.25, -0.2) is 15.8 Å². The van der Waals surface area contributed by atoms with E-state index in [2.05, 4.69) is 29.2 Å². The van der Waals surface area contributed by atoms with Crippen molar-refractivity contribution in [2.24, 2.45) is 5.84 Å². The van der Waals surface area contributed by atoms with Gasteiger partial charge in [-0.05, 0) is 25.7 Å². The predicted octanol–water partition coefficient (Wildman–Crippen LogP) is 2.07. The zero-order valence-corrected chi connectivity index (χ0v) is 9.54. The largest absolute Gasteiger partial charge is 0.308 e. The summed E-state index contributed by atoms with van der Waals surface area (Å²) in [6.07, 6.45) is 2.43. The molecule has 3 N–H and O–H groups in total. The lowest BCUT2D eigenvalue weighted by molar-refractivity contribution is 0.804. The van der Waals surface area contributed by atoms with Crippen LogP contribution < -0.4 is 11.3 Å². The number of nitrogens with two attached hydrogens (primary N) is 1. The van der Waals surface area contributed by atoms with E-state index in [1.165, 1.54) is 12.8 Å². The maximum absolute atomic E-state index is 5.51. The number of aryl methyl sites for hydroxylation is 1. The third-order valence-electron chi connectivity index (χ3n) is 2.81. The quantitative estimate of drug-likeness (QED) is 0.587. The second-order valence-electron chi connectivity index (χ2n) is 4.50. The normalized spacial score (nSPS) is 15.8. The molecule has 0 aliphatic heterocycles. The highest BCUT2D eigenvalue weighted by atomic mass is 15.3. The molecule has 4 nitrogen and oxygen atoms in total. The van der Waals surface area contributed by atoms with Crippen LogP contribution in [-0.2, 0) is 0 Å². The number of anilines is 1. The molecule has 0 spiro atoms. The van der Waals surface area contributed by atoms with Gasteiger partial charge in [-0.3, -0.25) is 0 Å². The third-order valence-corrected chi connectivity index (χ3v) is 2.81. The van der Waals surface area contributed by atoms with Gasteiger partial charge in [-0.15, -0.1) is 0 Å². The summed E-state index contributed by atoms with van der Waals surface area (Å²) < 4.78 is 0. The Labute approximate surface area is 90.3 Å². The van der Waals surface area contributed by atoms with Crippen molar-refractivity contribution in [2.45, 2.75) is 45.4 Å². The van der Waals surface area contributed by atoms with Crippen LogP contribution in [0.25, 0.3) is 0 Å². The van der Waals surface area contributed by atoms with E-state index in [1.807, 2.05) is 6.92 Å². The minimum absolute atomic E-state index is 0.393. The number of hydrogen-bond acceptors (Lipinski definition) is 4. The van der Waals surface area contributed by atoms with Gasteiger partial charge in [0.1, 0.15) is 11.6 Å². The van der Waals surface area contributed by atoms with Gasteiger partial charge in [0, 0.05) is 17.2 Å². The van der Waals surface area contributed by atoms with Gasteiger partial charge < -0.3 is 5.43 Å². The Kier molecular flexibility index (Phi) is 2.61. The molecular formula is C11H18N4. The predicted molar refractivity (Wildman–Crippen MR) is 60.6 cm³/mol. The molecule has 1 fully saturated rings. The van der Waals surface area contributed by atoms with Gasteiger partial charge in [0.25, 0.3) is 0 Å². The van der Waals surface area contributed by atoms with Crippen LogP contribution in [0.5, 0.6) is 0 Å². The van der Waals surface area contributed by atoms with E-state index in [0.717, 1.165) is 22.9 Å². The molecule has 0 radical (unpaired) electrons. The molecule has 0 unspecified atom stereocenters. The summed E-state index contributed by atoms with van der Waals surface area (Å²) in [4.78, 5) is 9.05. The van der Waals surface area contributed by atoms with E-state index in [4.69, 9.17) is 5.84 Å². The van der Waals surface area contributed by atoms with Crippen LogP contribution >= 0.6 is 0 Å². The van der Waals surface area contributed by atoms with Gasteiger partial charge >= 0.3 is 0 Å². The van der Waals surface area contributed by atoms with E-state index in [9.17, 15) is 0 Å². The Morgan fingerprint density at radius 2 is 2.00 bits per heavy atom. The topological polar surface area (TPSA) is 63.8 Å². The molecule has 15 heavy (non-hydrogen) atoms. The van der Waals surface area contributed by atoms with E-state index in [1.54, 1.807) is 0 Å². The monoisotopic (exact) mass is 206 g/mol. The van der Waals surface area contributed by atoms with E-state index >= 15 is 0 Å². The molecule has 1 aliphatic rings. The minimum atomic E-state index is 0.393. The molecule has 1 aromatic heterocycles. The highest BCUT2D eigenvalue weighted by Gasteiger charge is 2.28. The first-order chi connectivity index (χ1) is 7.13. The molecule has 4 heteroatoms. The second kappa shape index (κ2) is 3.77. The molecule has 1 heterocycles. The van der Waals surface area contributed by atoms with Crippen molar-refractivity contribution in [1.82, 2.24) is 9.97 Å². The van der Waals surface area contributed by atoms with Gasteiger partial charge in [0.2, 0.25) is 0 Å². The van der Waals surface area contributed by atoms with Gasteiger partial charge in [0.15, 0.2) is 0 Å². The van der Waals surface area contributed by atoms with Crippen molar-refractivity contribution in [3.8, 4) is 0 Å². The second-order valence-corrected chi connectivity index (χ2v) is 4.50. The molecule has 2 rings (SSSR count). The number of hydrogen-bond donors (Lipinski definition) is 2. The first-order valence-corrected chi connectivity index (χ1v) is 5.48. The molecular weight excluding hydrogens is 188 g/mol. The van der Waals surface area contributed by atoms with Crippen LogP contribution in [0.3, 0.4) is 0 Å². The standard InChI is InChI=1S/C11H18N4/c1-6(2)9-7(3)13-10(8-4-5-8)14-11(9)15-12/h6,8H,4-5,12H2,1-3H3,(H,13,14,15). The SMILES string of the molecule is Cc1nc(C2CC2)nc(NN)c1C(C)C. The van der Waals surface area contributed by atoms with Crippen LogP contribution in [0, 0.1) is 6.92 Å². The Balaban J connectivity index is 2.46. The summed E-state index contributed by atoms with van der Waals surface area (Å²) in [6.45, 7) is 6.29. The summed E-state index contributed by atoms with van der Waals surface area (Å²) in [7, 11) is 0. The average Bonchev–Trinajstić information content (AvgIpc) is 2.98. The molecule has 82 valence electrons. The summed E-state index contributed by atoms with van der Waals surface area (Å²) in [5.41, 5.74) is 4.87. The summed E-state index contributed by atoms with van der Waals surface area (Å²) in [5.74, 6) is 8.21. The van der Waals surface area contributed by atoms with Gasteiger partial charge in [-0.1, -0.05) is 13.8 Å². The Morgan fingerprint density at radius 3 is 2.47 bits per heavy atom. The summed E-state index contributed by atoms with van der Waals surface area (Å²) in [6, 6.07) is 0. The first kappa shape index (κ1) is 10.4. The highest BCUT2D eigenvalue weighted by molar-refractivity contribution is 5.47. The number of rotatable bonds is 3. The molecule has 0 amide bonds. The molecule has 1 saturated carbocycles. The van der Waals surface area contributed by atoms with Crippen molar-refractivity contribution < 1.29 is 0 Å². The van der Waals surface area contributed by atoms with Crippen molar-refractivity contribution >= 4 is 5.82 Å². The van der Waals surface area contributed by atoms with Crippen LogP contribution in [0.4, 0.5) is 5.82 Å². The maximum Gasteiger partial charge on any atom is 0.147 e. The lowest BCUT2D eigenvalue weighted by atomic mass is 10.0. The fraction of sp³-hybridized carbons (Fsp3) is 0.636. The highest BCUT2D eigenvalue weighted by Crippen LogP contribution is 2.39. The van der Waals surface area contributed by atoms with E-state index < -0.39 is 0 Å². The molecule has 0 atom stereocenters. The fourth-order valence-electron chi connectivity index (χ4n) is 1.93. The maximum atomic E-state index is 5.51. The molecule has 0 aromatic carbocycles. The zero-order chi connectivity index (χ0) is 11.0. The van der Waals surface area contributed by atoms with Crippen LogP contribution in [0.2, 0.25) is 0 Å². The summed E-state index contributed by atoms with van der Waals surface area (Å²) in [5, 5.41) is 0. The van der Waals surface area contributed by atoms with Crippen LogP contribution in [0.15, 0.2) is 0 Å². The van der Waals surface area contributed by atoms with Crippen LogP contribution in [-0.4, -0.2) is 9.97 Å². The Morgan fingerprint density at radius 1 is 1.33 bits per heavy atom. The van der Waals surface area contributed by atoms with E-state index in [-0.39, 0.29) is 0 Å². The first-order valence-electron chi connectivity index (χ1n) is 5.48. The van der Waals surface area contributed by atoms with Crippen molar-refractivity contribution in [2.75, 3.05) is 5.43 Å². The lowest BCUT2D eigenvalue weighted by Crippen LogP contribution is -2.15. The minimum Gasteiger partial charge on any atom is -0.308 e. The molecule has 1 aliphatic carbocycles. The number of nitrogens with one attached hydrogen (secondary N) is 1. The lowest BCUT2D eigenvalue weighted by Gasteiger charge is -2.15. The smallest absolute Gasteiger partial charge is 0.147 e.